The molecule has 10 nitrogen and oxygen atoms in total. The number of nitrogens with one attached hydrogen (secondary N) is 2. The number of ketones is 1. The highest BCUT2D eigenvalue weighted by atomic mass is 32.2. The van der Waals surface area contributed by atoms with Gasteiger partial charge in [0.2, 0.25) is 5.78 Å². The van der Waals surface area contributed by atoms with Gasteiger partial charge in [0.05, 0.1) is 11.9 Å². The average Bonchev–Trinajstić information content (AvgIpc) is 2.89. The zero-order valence-electron chi connectivity index (χ0n) is 10.2. The Kier molecular flexibility index (Phi) is 3.72. The first-order valence-electron chi connectivity index (χ1n) is 5.26. The van der Waals surface area contributed by atoms with E-state index < -0.39 is 11.8 Å². The molecule has 11 heteroatoms. The number of nitrogens with zero attached hydrogens (tertiary/aromatic N) is 4. The monoisotopic (exact) mass is 298 g/mol. The largest absolute Gasteiger partial charge is 0.475 e. The molecule has 0 aliphatic carbocycles. The molecule has 0 saturated heterocycles. The second kappa shape index (κ2) is 5.30. The lowest BCUT2D eigenvalue weighted by Crippen LogP contribution is -2.58. The Labute approximate surface area is 116 Å². The van der Waals surface area contributed by atoms with Crippen LogP contribution in [0.5, 0.6) is 0 Å². The number of aliphatic carboxylic acids is 1. The summed E-state index contributed by atoms with van der Waals surface area (Å²) < 4.78 is 1.21. The Hall–Kier alpha value is -2.40. The van der Waals surface area contributed by atoms with Gasteiger partial charge in [-0.15, -0.1) is 5.53 Å². The normalized spacial score (nSPS) is 14.2. The number of carboxylic acids is 1. The molecule has 1 aliphatic heterocycles. The van der Waals surface area contributed by atoms with E-state index in [-0.39, 0.29) is 17.0 Å². The Morgan fingerprint density at radius 1 is 1.55 bits per heavy atom. The molecule has 1 aliphatic rings. The standard InChI is InChI=1S/C9H10N6O4S/c1-13-9(19)14-4-11-2-6(14)15(12-13)8(10)20-3-5(16)7(17)18/h2,4,10,12H,3H2,1H3,(H,17,18). The smallest absolute Gasteiger partial charge is 0.373 e. The van der Waals surface area contributed by atoms with Gasteiger partial charge in [0.1, 0.15) is 6.33 Å². The van der Waals surface area contributed by atoms with Crippen molar-refractivity contribution in [3.63, 3.8) is 0 Å². The van der Waals surface area contributed by atoms with Crippen molar-refractivity contribution < 1.29 is 19.5 Å². The van der Waals surface area contributed by atoms with Crippen molar-refractivity contribution in [1.29, 1.82) is 5.41 Å². The molecule has 1 aromatic rings. The van der Waals surface area contributed by atoms with E-state index in [4.69, 9.17) is 10.5 Å². The van der Waals surface area contributed by atoms with E-state index in [1.165, 1.54) is 29.1 Å². The molecule has 2 rings (SSSR count). The van der Waals surface area contributed by atoms with E-state index in [0.29, 0.717) is 5.82 Å². The van der Waals surface area contributed by atoms with Crippen LogP contribution in [0.3, 0.4) is 0 Å². The van der Waals surface area contributed by atoms with Gasteiger partial charge in [-0.05, 0) is 0 Å². The number of amides is 1. The summed E-state index contributed by atoms with van der Waals surface area (Å²) in [5.74, 6) is -2.63. The van der Waals surface area contributed by atoms with Crippen LogP contribution in [0.25, 0.3) is 0 Å². The van der Waals surface area contributed by atoms with Crippen LogP contribution >= 0.6 is 11.8 Å². The molecule has 1 aromatic heterocycles. The molecule has 0 bridgehead atoms. The van der Waals surface area contributed by atoms with Crippen LogP contribution in [-0.4, -0.2) is 55.4 Å². The molecule has 0 spiro atoms. The highest BCUT2D eigenvalue weighted by molar-refractivity contribution is 8.14. The Morgan fingerprint density at radius 3 is 2.90 bits per heavy atom. The number of thioether (sulfide) groups is 1. The number of carbonyl (C=O) groups is 3. The summed E-state index contributed by atoms with van der Waals surface area (Å²) in [6.45, 7) is 0. The third-order valence-corrected chi connectivity index (χ3v) is 3.24. The van der Waals surface area contributed by atoms with E-state index in [0.717, 1.165) is 16.8 Å². The van der Waals surface area contributed by atoms with E-state index in [1.54, 1.807) is 0 Å². The van der Waals surface area contributed by atoms with Crippen LogP contribution in [-0.2, 0) is 9.59 Å². The number of fused-ring (bicyclic) bond motifs is 1. The Balaban J connectivity index is 2.12. The van der Waals surface area contributed by atoms with Gasteiger partial charge in [-0.2, -0.15) is 0 Å². The number of carboxylic acid groups (broad SMARTS) is 1. The summed E-state index contributed by atoms with van der Waals surface area (Å²) in [5.41, 5.74) is 2.61. The molecule has 0 radical (unpaired) electrons. The van der Waals surface area contributed by atoms with Crippen LogP contribution in [0.1, 0.15) is 0 Å². The third kappa shape index (κ3) is 2.48. The maximum absolute atomic E-state index is 11.8. The van der Waals surface area contributed by atoms with Gasteiger partial charge in [-0.1, -0.05) is 11.8 Å². The van der Waals surface area contributed by atoms with Gasteiger partial charge in [0, 0.05) is 7.05 Å². The van der Waals surface area contributed by atoms with Crippen molar-refractivity contribution >= 4 is 40.5 Å². The van der Waals surface area contributed by atoms with Gasteiger partial charge >= 0.3 is 12.0 Å². The van der Waals surface area contributed by atoms with Gasteiger partial charge in [0.25, 0.3) is 0 Å². The SMILES string of the molecule is CN1NN(C(=N)SCC(=O)C(=O)O)c2cncn2C1=O. The first kappa shape index (κ1) is 14.0. The maximum atomic E-state index is 11.8. The summed E-state index contributed by atoms with van der Waals surface area (Å²) in [5, 5.41) is 18.5. The van der Waals surface area contributed by atoms with Crippen molar-refractivity contribution in [3.8, 4) is 0 Å². The van der Waals surface area contributed by atoms with Crippen molar-refractivity contribution in [2.45, 2.75) is 0 Å². The molecule has 0 aromatic carbocycles. The summed E-state index contributed by atoms with van der Waals surface area (Å²) in [4.78, 5) is 37.0. The van der Waals surface area contributed by atoms with Crippen molar-refractivity contribution in [1.82, 2.24) is 20.1 Å². The van der Waals surface area contributed by atoms with E-state index in [1.807, 2.05) is 0 Å². The highest BCUT2D eigenvalue weighted by Gasteiger charge is 2.29. The van der Waals surface area contributed by atoms with Gasteiger partial charge in [0.15, 0.2) is 11.0 Å². The summed E-state index contributed by atoms with van der Waals surface area (Å²) in [6.07, 6.45) is 2.66. The molecule has 0 fully saturated rings. The number of hydrogen-bond acceptors (Lipinski definition) is 7. The number of amidine groups is 1. The summed E-state index contributed by atoms with van der Waals surface area (Å²) >= 11 is 0.727. The molecule has 0 atom stereocenters. The predicted octanol–water partition coefficient (Wildman–Crippen LogP) is -0.656. The average molecular weight is 298 g/mol. The second-order valence-electron chi connectivity index (χ2n) is 3.72. The molecule has 106 valence electrons. The molecule has 0 unspecified atom stereocenters. The maximum Gasteiger partial charge on any atom is 0.373 e. The third-order valence-electron chi connectivity index (χ3n) is 2.37. The quantitative estimate of drug-likeness (QED) is 0.381. The van der Waals surface area contributed by atoms with Gasteiger partial charge in [-0.25, -0.2) is 29.2 Å². The molecule has 3 N–H and O–H groups in total. The summed E-state index contributed by atoms with van der Waals surface area (Å²) in [7, 11) is 1.46. The number of Topliss-reactive ketones (excluding diaryl/α,β-unsaturated/α-hetero) is 1. The van der Waals surface area contributed by atoms with Gasteiger partial charge < -0.3 is 5.11 Å². The van der Waals surface area contributed by atoms with E-state index in [9.17, 15) is 14.4 Å². The highest BCUT2D eigenvalue weighted by Crippen LogP contribution is 2.20. The number of rotatable bonds is 3. The minimum absolute atomic E-state index is 0.138. The van der Waals surface area contributed by atoms with Crippen molar-refractivity contribution in [3.05, 3.63) is 12.5 Å². The van der Waals surface area contributed by atoms with Crippen LogP contribution in [0.15, 0.2) is 12.5 Å². The number of anilines is 1. The molecule has 0 saturated carbocycles. The fourth-order valence-electron chi connectivity index (χ4n) is 1.42. The minimum atomic E-state index is -1.55. The molecular weight excluding hydrogens is 288 g/mol. The molecular formula is C9H10N6O4S. The lowest BCUT2D eigenvalue weighted by Gasteiger charge is -2.34. The lowest BCUT2D eigenvalue weighted by atomic mass is 10.5. The van der Waals surface area contributed by atoms with Crippen LogP contribution in [0.4, 0.5) is 10.6 Å². The van der Waals surface area contributed by atoms with E-state index in [2.05, 4.69) is 10.5 Å². The number of aromatic nitrogens is 2. The Morgan fingerprint density at radius 2 is 2.25 bits per heavy atom. The first-order chi connectivity index (χ1) is 9.41. The summed E-state index contributed by atoms with van der Waals surface area (Å²) in [6, 6.07) is -0.381. The van der Waals surface area contributed by atoms with E-state index >= 15 is 0 Å². The zero-order chi connectivity index (χ0) is 14.9. The fraction of sp³-hybridized carbons (Fsp3) is 0.222. The van der Waals surface area contributed by atoms with Crippen LogP contribution < -0.4 is 10.5 Å². The number of imidazole rings is 1. The first-order valence-corrected chi connectivity index (χ1v) is 6.24. The fourth-order valence-corrected chi connectivity index (χ4v) is 2.07. The van der Waals surface area contributed by atoms with Crippen LogP contribution in [0.2, 0.25) is 0 Å². The number of carbonyl (C=O) groups excluding carboxylic acids is 2. The minimum Gasteiger partial charge on any atom is -0.475 e. The zero-order valence-corrected chi connectivity index (χ0v) is 11.0. The molecule has 1 amide bonds. The topological polar surface area (TPSA) is 132 Å². The molecule has 20 heavy (non-hydrogen) atoms. The predicted molar refractivity (Wildman–Crippen MR) is 69.2 cm³/mol. The lowest BCUT2D eigenvalue weighted by molar-refractivity contribution is -0.147. The van der Waals surface area contributed by atoms with Gasteiger partial charge in [-0.3, -0.25) is 10.2 Å². The number of hydrazine groups is 2. The van der Waals surface area contributed by atoms with Crippen molar-refractivity contribution in [2.24, 2.45) is 0 Å². The Bertz CT molecular complexity index is 599. The molecule has 2 heterocycles. The number of hydrogen-bond donors (Lipinski definition) is 3. The van der Waals surface area contributed by atoms with Crippen LogP contribution in [0, 0.1) is 5.41 Å². The van der Waals surface area contributed by atoms with Crippen molar-refractivity contribution in [2.75, 3.05) is 17.8 Å². The second-order valence-corrected chi connectivity index (χ2v) is 4.69.